The van der Waals surface area contributed by atoms with Crippen molar-refractivity contribution in [1.29, 1.82) is 0 Å². The Kier molecular flexibility index (Phi) is 3.48. The molecule has 1 aromatic carbocycles. The van der Waals surface area contributed by atoms with E-state index in [4.69, 9.17) is 15.1 Å². The van der Waals surface area contributed by atoms with Crippen LogP contribution in [0.1, 0.15) is 49.4 Å². The average molecular weight is 346 g/mol. The molecule has 5 heteroatoms. The number of nitrogen functional groups attached to an aromatic ring is 1. The van der Waals surface area contributed by atoms with E-state index in [1.165, 1.54) is 32.1 Å². The van der Waals surface area contributed by atoms with Gasteiger partial charge in [0.05, 0.1) is 0 Å². The zero-order valence-corrected chi connectivity index (χ0v) is 14.9. The predicted molar refractivity (Wildman–Crippen MR) is 103 cm³/mol. The van der Waals surface area contributed by atoms with Gasteiger partial charge in [-0.1, -0.05) is 37.5 Å². The van der Waals surface area contributed by atoms with E-state index in [0.29, 0.717) is 11.7 Å². The summed E-state index contributed by atoms with van der Waals surface area (Å²) >= 11 is 0. The fourth-order valence-corrected chi connectivity index (χ4v) is 4.29. The Morgan fingerprint density at radius 3 is 2.77 bits per heavy atom. The third-order valence-corrected chi connectivity index (χ3v) is 5.64. The number of hydrogen-bond donors (Lipinski definition) is 1. The van der Waals surface area contributed by atoms with E-state index in [1.54, 1.807) is 6.20 Å². The molecule has 132 valence electrons. The predicted octanol–water partition coefficient (Wildman–Crippen LogP) is 5.08. The fraction of sp³-hybridized carbons (Fsp3) is 0.333. The zero-order valence-electron chi connectivity index (χ0n) is 14.9. The summed E-state index contributed by atoms with van der Waals surface area (Å²) in [7, 11) is 0. The van der Waals surface area contributed by atoms with Crippen molar-refractivity contribution in [3.63, 3.8) is 0 Å². The van der Waals surface area contributed by atoms with Crippen LogP contribution in [-0.2, 0) is 0 Å². The normalized spacial score (nSPS) is 15.9. The molecule has 0 spiro atoms. The Morgan fingerprint density at radius 2 is 1.96 bits per heavy atom. The molecule has 0 saturated heterocycles. The lowest BCUT2D eigenvalue weighted by atomic mass is 9.89. The number of furan rings is 1. The molecule has 1 aliphatic carbocycles. The Balaban J connectivity index is 1.78. The second kappa shape index (κ2) is 5.87. The molecule has 0 bridgehead atoms. The average Bonchev–Trinajstić information content (AvgIpc) is 3.22. The third kappa shape index (κ3) is 2.23. The lowest BCUT2D eigenvalue weighted by Gasteiger charge is -2.20. The maximum Gasteiger partial charge on any atom is 0.159 e. The van der Waals surface area contributed by atoms with Crippen molar-refractivity contribution in [2.75, 3.05) is 5.73 Å². The van der Waals surface area contributed by atoms with Crippen molar-refractivity contribution in [2.45, 2.75) is 44.9 Å². The summed E-state index contributed by atoms with van der Waals surface area (Å²) in [5, 5.41) is 1.12. The quantitative estimate of drug-likeness (QED) is 0.549. The lowest BCUT2D eigenvalue weighted by molar-refractivity contribution is 0.428. The van der Waals surface area contributed by atoms with Crippen molar-refractivity contribution in [3.8, 4) is 11.5 Å². The second-order valence-corrected chi connectivity index (χ2v) is 7.24. The highest BCUT2D eigenvalue weighted by atomic mass is 16.3. The second-order valence-electron chi connectivity index (χ2n) is 7.24. The Morgan fingerprint density at radius 1 is 1.15 bits per heavy atom. The molecular weight excluding hydrogens is 324 g/mol. The van der Waals surface area contributed by atoms with Gasteiger partial charge in [-0.25, -0.2) is 9.97 Å². The first-order chi connectivity index (χ1) is 12.7. The van der Waals surface area contributed by atoms with Gasteiger partial charge in [0.2, 0.25) is 0 Å². The van der Waals surface area contributed by atoms with E-state index in [-0.39, 0.29) is 0 Å². The van der Waals surface area contributed by atoms with Crippen LogP contribution in [0.25, 0.3) is 27.9 Å². The van der Waals surface area contributed by atoms with E-state index in [0.717, 1.165) is 39.3 Å². The summed E-state index contributed by atoms with van der Waals surface area (Å²) in [5.74, 6) is 2.85. The summed E-state index contributed by atoms with van der Waals surface area (Å²) in [6.07, 6.45) is 9.94. The molecule has 5 rings (SSSR count). The Hall–Kier alpha value is -2.82. The van der Waals surface area contributed by atoms with E-state index >= 15 is 0 Å². The Labute approximate surface area is 151 Å². The topological polar surface area (TPSA) is 69.3 Å². The lowest BCUT2D eigenvalue weighted by Crippen LogP contribution is -2.09. The van der Waals surface area contributed by atoms with Crippen LogP contribution in [0.3, 0.4) is 0 Å². The molecule has 0 unspecified atom stereocenters. The first-order valence-electron chi connectivity index (χ1n) is 9.35. The standard InChI is InChI=1S/C21H22N4O/c1-13-15-9-5-6-10-16(15)26-19(13)17-18-20(22)23-11-12-25(18)21(24-17)14-7-3-2-4-8-14/h5-6,9-12,14H,2-4,7-8H2,1H3,(H2,22,23). The molecule has 1 saturated carbocycles. The number of anilines is 1. The number of imidazole rings is 1. The third-order valence-electron chi connectivity index (χ3n) is 5.64. The zero-order chi connectivity index (χ0) is 17.7. The van der Waals surface area contributed by atoms with Gasteiger partial charge < -0.3 is 10.2 Å². The molecule has 1 aliphatic rings. The molecular formula is C21H22N4O. The van der Waals surface area contributed by atoms with Crippen LogP contribution in [0.4, 0.5) is 5.82 Å². The molecule has 0 atom stereocenters. The van der Waals surface area contributed by atoms with E-state index in [9.17, 15) is 0 Å². The molecule has 5 nitrogen and oxygen atoms in total. The number of nitrogens with two attached hydrogens (primary N) is 1. The van der Waals surface area contributed by atoms with Gasteiger partial charge in [-0.05, 0) is 25.8 Å². The molecule has 3 aromatic heterocycles. The fourth-order valence-electron chi connectivity index (χ4n) is 4.29. The van der Waals surface area contributed by atoms with Gasteiger partial charge in [-0.2, -0.15) is 0 Å². The van der Waals surface area contributed by atoms with Crippen LogP contribution in [0.15, 0.2) is 41.1 Å². The molecule has 0 radical (unpaired) electrons. The van der Waals surface area contributed by atoms with Gasteiger partial charge in [0.1, 0.15) is 28.4 Å². The van der Waals surface area contributed by atoms with Crippen LogP contribution >= 0.6 is 0 Å². The molecule has 1 fully saturated rings. The van der Waals surface area contributed by atoms with Crippen LogP contribution in [0.5, 0.6) is 0 Å². The number of hydrogen-bond acceptors (Lipinski definition) is 4. The SMILES string of the molecule is Cc1c(-c2nc(C3CCCCC3)n3ccnc(N)c23)oc2ccccc12. The van der Waals surface area contributed by atoms with Crippen molar-refractivity contribution in [1.82, 2.24) is 14.4 Å². The molecule has 4 aromatic rings. The number of aromatic nitrogens is 3. The van der Waals surface area contributed by atoms with Gasteiger partial charge in [0.25, 0.3) is 0 Å². The maximum absolute atomic E-state index is 6.27. The molecule has 26 heavy (non-hydrogen) atoms. The minimum Gasteiger partial charge on any atom is -0.454 e. The van der Waals surface area contributed by atoms with Crippen molar-refractivity contribution in [3.05, 3.63) is 48.0 Å². The van der Waals surface area contributed by atoms with Gasteiger partial charge in [0, 0.05) is 29.3 Å². The van der Waals surface area contributed by atoms with E-state index in [1.807, 2.05) is 24.4 Å². The van der Waals surface area contributed by atoms with E-state index < -0.39 is 0 Å². The highest BCUT2D eigenvalue weighted by molar-refractivity contribution is 5.92. The van der Waals surface area contributed by atoms with Gasteiger partial charge in [-0.15, -0.1) is 0 Å². The number of fused-ring (bicyclic) bond motifs is 2. The molecule has 0 amide bonds. The van der Waals surface area contributed by atoms with E-state index in [2.05, 4.69) is 22.4 Å². The Bertz CT molecular complexity index is 1100. The van der Waals surface area contributed by atoms with Crippen LogP contribution in [0.2, 0.25) is 0 Å². The number of benzene rings is 1. The highest BCUT2D eigenvalue weighted by Gasteiger charge is 2.26. The minimum absolute atomic E-state index is 0.469. The van der Waals surface area contributed by atoms with Crippen molar-refractivity contribution in [2.24, 2.45) is 0 Å². The molecule has 0 aliphatic heterocycles. The first-order valence-corrected chi connectivity index (χ1v) is 9.35. The van der Waals surface area contributed by atoms with Crippen LogP contribution < -0.4 is 5.73 Å². The minimum atomic E-state index is 0.469. The maximum atomic E-state index is 6.27. The van der Waals surface area contributed by atoms with Gasteiger partial charge in [-0.3, -0.25) is 4.40 Å². The number of rotatable bonds is 2. The van der Waals surface area contributed by atoms with Gasteiger partial charge in [0.15, 0.2) is 5.76 Å². The van der Waals surface area contributed by atoms with Crippen molar-refractivity contribution >= 4 is 22.3 Å². The van der Waals surface area contributed by atoms with Crippen molar-refractivity contribution < 1.29 is 4.42 Å². The van der Waals surface area contributed by atoms with Gasteiger partial charge >= 0.3 is 0 Å². The highest BCUT2D eigenvalue weighted by Crippen LogP contribution is 2.39. The largest absolute Gasteiger partial charge is 0.454 e. The summed E-state index contributed by atoms with van der Waals surface area (Å²) < 4.78 is 8.31. The number of para-hydroxylation sites is 1. The number of aryl methyl sites for hydroxylation is 1. The van der Waals surface area contributed by atoms with Crippen LogP contribution in [0, 0.1) is 6.92 Å². The van der Waals surface area contributed by atoms with Crippen LogP contribution in [-0.4, -0.2) is 14.4 Å². The summed E-state index contributed by atoms with van der Waals surface area (Å²) in [6, 6.07) is 8.10. The summed E-state index contributed by atoms with van der Waals surface area (Å²) in [5.41, 5.74) is 9.91. The monoisotopic (exact) mass is 346 g/mol. The summed E-state index contributed by atoms with van der Waals surface area (Å²) in [4.78, 5) is 9.36. The molecule has 3 heterocycles. The number of nitrogens with zero attached hydrogens (tertiary/aromatic N) is 3. The smallest absolute Gasteiger partial charge is 0.159 e. The first kappa shape index (κ1) is 15.4. The summed E-state index contributed by atoms with van der Waals surface area (Å²) in [6.45, 7) is 2.08. The molecule has 2 N–H and O–H groups in total.